The van der Waals surface area contributed by atoms with Gasteiger partial charge in [-0.1, -0.05) is 6.07 Å². The summed E-state index contributed by atoms with van der Waals surface area (Å²) in [7, 11) is 1.30. The Bertz CT molecular complexity index is 451. The number of carboxylic acid groups (broad SMARTS) is 1. The van der Waals surface area contributed by atoms with Gasteiger partial charge >= 0.3 is 5.97 Å². The van der Waals surface area contributed by atoms with E-state index in [0.29, 0.717) is 6.29 Å². The molecule has 0 aliphatic carbocycles. The zero-order valence-corrected chi connectivity index (χ0v) is 8.44. The highest BCUT2D eigenvalue weighted by molar-refractivity contribution is 6.18. The van der Waals surface area contributed by atoms with E-state index in [9.17, 15) is 14.0 Å². The lowest BCUT2D eigenvalue weighted by Crippen LogP contribution is -2.01. The fourth-order valence-electron chi connectivity index (χ4n) is 1.19. The van der Waals surface area contributed by atoms with Crippen LogP contribution in [0.3, 0.4) is 0 Å². The van der Waals surface area contributed by atoms with Gasteiger partial charge in [0.15, 0.2) is 11.6 Å². The van der Waals surface area contributed by atoms with Gasteiger partial charge in [-0.3, -0.25) is 4.79 Å². The number of allylic oxidation sites excluding steroid dienone is 1. The predicted molar refractivity (Wildman–Crippen MR) is 54.6 cm³/mol. The third-order valence-electron chi connectivity index (χ3n) is 1.93. The summed E-state index contributed by atoms with van der Waals surface area (Å²) in [5, 5.41) is 8.79. The fraction of sp³-hybridized carbons (Fsp3) is 0.0909. The molecular weight excluding hydrogens is 215 g/mol. The molecule has 0 radical (unpaired) electrons. The minimum Gasteiger partial charge on any atom is -0.494 e. The molecule has 0 aliphatic rings. The van der Waals surface area contributed by atoms with Crippen molar-refractivity contribution in [2.24, 2.45) is 0 Å². The number of hydrogen-bond acceptors (Lipinski definition) is 3. The molecule has 0 saturated heterocycles. The summed E-state index contributed by atoms with van der Waals surface area (Å²) in [6.45, 7) is 0. The van der Waals surface area contributed by atoms with Crippen molar-refractivity contribution in [2.75, 3.05) is 7.11 Å². The maximum absolute atomic E-state index is 13.3. The van der Waals surface area contributed by atoms with Crippen LogP contribution < -0.4 is 4.74 Å². The van der Waals surface area contributed by atoms with E-state index in [0.717, 1.165) is 12.1 Å². The Labute approximate surface area is 91.0 Å². The van der Waals surface area contributed by atoms with Crippen LogP contribution in [-0.4, -0.2) is 24.5 Å². The number of carboxylic acids is 1. The number of rotatable bonds is 4. The van der Waals surface area contributed by atoms with E-state index in [2.05, 4.69) is 4.74 Å². The van der Waals surface area contributed by atoms with Gasteiger partial charge in [0.25, 0.3) is 0 Å². The number of benzene rings is 1. The molecule has 16 heavy (non-hydrogen) atoms. The average Bonchev–Trinajstić information content (AvgIpc) is 2.25. The van der Waals surface area contributed by atoms with Crippen molar-refractivity contribution < 1.29 is 23.8 Å². The zero-order valence-electron chi connectivity index (χ0n) is 8.44. The van der Waals surface area contributed by atoms with Gasteiger partial charge in [-0.05, 0) is 23.8 Å². The molecule has 0 heterocycles. The van der Waals surface area contributed by atoms with Gasteiger partial charge in [0.1, 0.15) is 6.29 Å². The Morgan fingerprint density at radius 3 is 2.62 bits per heavy atom. The number of ether oxygens (including phenoxy) is 1. The molecule has 1 aromatic carbocycles. The number of carbonyl (C=O) groups excluding carboxylic acids is 1. The molecule has 1 aromatic rings. The van der Waals surface area contributed by atoms with Gasteiger partial charge in [0, 0.05) is 0 Å². The molecule has 0 fully saturated rings. The lowest BCUT2D eigenvalue weighted by Gasteiger charge is -2.05. The summed E-state index contributed by atoms with van der Waals surface area (Å²) in [5.41, 5.74) is -0.158. The third-order valence-corrected chi connectivity index (χ3v) is 1.93. The van der Waals surface area contributed by atoms with Crippen molar-refractivity contribution in [3.8, 4) is 5.75 Å². The zero-order chi connectivity index (χ0) is 12.1. The monoisotopic (exact) mass is 224 g/mol. The molecule has 0 spiro atoms. The van der Waals surface area contributed by atoms with E-state index in [-0.39, 0.29) is 16.9 Å². The summed E-state index contributed by atoms with van der Waals surface area (Å²) in [6.07, 6.45) is 1.20. The number of methoxy groups -OCH3 is 1. The van der Waals surface area contributed by atoms with Crippen LogP contribution in [0.15, 0.2) is 24.3 Å². The summed E-state index contributed by atoms with van der Waals surface area (Å²) in [4.78, 5) is 21.0. The second-order valence-electron chi connectivity index (χ2n) is 2.87. The average molecular weight is 224 g/mol. The van der Waals surface area contributed by atoms with Gasteiger partial charge in [-0.25, -0.2) is 9.18 Å². The highest BCUT2D eigenvalue weighted by Gasteiger charge is 2.12. The lowest BCUT2D eigenvalue weighted by molar-refractivity contribution is -0.130. The van der Waals surface area contributed by atoms with Crippen LogP contribution in [0.4, 0.5) is 4.39 Å². The molecule has 0 aromatic heterocycles. The Kier molecular flexibility index (Phi) is 3.77. The first-order valence-electron chi connectivity index (χ1n) is 4.32. The van der Waals surface area contributed by atoms with E-state index in [4.69, 9.17) is 5.11 Å². The minimum atomic E-state index is -1.29. The van der Waals surface area contributed by atoms with Crippen LogP contribution in [0.1, 0.15) is 5.56 Å². The van der Waals surface area contributed by atoms with Gasteiger partial charge in [0.2, 0.25) is 0 Å². The third kappa shape index (κ3) is 2.44. The highest BCUT2D eigenvalue weighted by atomic mass is 19.1. The molecule has 4 nitrogen and oxygen atoms in total. The van der Waals surface area contributed by atoms with Gasteiger partial charge in [-0.15, -0.1) is 0 Å². The Morgan fingerprint density at radius 2 is 2.19 bits per heavy atom. The molecule has 0 amide bonds. The normalized spacial score (nSPS) is 11.0. The maximum Gasteiger partial charge on any atom is 0.336 e. The highest BCUT2D eigenvalue weighted by Crippen LogP contribution is 2.22. The second-order valence-corrected chi connectivity index (χ2v) is 2.87. The Morgan fingerprint density at radius 1 is 1.50 bits per heavy atom. The second kappa shape index (κ2) is 5.06. The molecule has 0 saturated carbocycles. The topological polar surface area (TPSA) is 63.6 Å². The van der Waals surface area contributed by atoms with E-state index in [1.807, 2.05) is 0 Å². The molecule has 0 bridgehead atoms. The van der Waals surface area contributed by atoms with E-state index in [1.165, 1.54) is 19.2 Å². The Hall–Kier alpha value is -2.17. The van der Waals surface area contributed by atoms with E-state index >= 15 is 0 Å². The molecule has 1 N–H and O–H groups in total. The first kappa shape index (κ1) is 11.9. The van der Waals surface area contributed by atoms with Gasteiger partial charge in [-0.2, -0.15) is 0 Å². The molecule has 84 valence electrons. The largest absolute Gasteiger partial charge is 0.494 e. The lowest BCUT2D eigenvalue weighted by atomic mass is 10.1. The number of hydrogen-bond donors (Lipinski definition) is 1. The number of aliphatic carboxylic acids is 1. The van der Waals surface area contributed by atoms with Crippen LogP contribution in [-0.2, 0) is 9.59 Å². The maximum atomic E-state index is 13.3. The number of aldehydes is 1. The van der Waals surface area contributed by atoms with Crippen molar-refractivity contribution in [1.82, 2.24) is 0 Å². The van der Waals surface area contributed by atoms with Crippen LogP contribution in [0.25, 0.3) is 5.57 Å². The predicted octanol–water partition coefficient (Wildman–Crippen LogP) is 1.50. The molecule has 0 aliphatic heterocycles. The van der Waals surface area contributed by atoms with Crippen molar-refractivity contribution in [3.05, 3.63) is 35.7 Å². The molecule has 1 rings (SSSR count). The SMILES string of the molecule is COc1ccc(C(=CC=O)C(=O)O)cc1F. The first-order chi connectivity index (χ1) is 7.60. The van der Waals surface area contributed by atoms with Crippen LogP contribution in [0.2, 0.25) is 0 Å². The first-order valence-corrected chi connectivity index (χ1v) is 4.32. The van der Waals surface area contributed by atoms with Crippen LogP contribution in [0, 0.1) is 5.82 Å². The van der Waals surface area contributed by atoms with Crippen molar-refractivity contribution >= 4 is 17.8 Å². The van der Waals surface area contributed by atoms with E-state index in [1.54, 1.807) is 0 Å². The summed E-state index contributed by atoms with van der Waals surface area (Å²) < 4.78 is 18.0. The quantitative estimate of drug-likeness (QED) is 0.621. The molecule has 0 atom stereocenters. The smallest absolute Gasteiger partial charge is 0.336 e. The van der Waals surface area contributed by atoms with Gasteiger partial charge in [0.05, 0.1) is 12.7 Å². The van der Waals surface area contributed by atoms with Crippen molar-refractivity contribution in [2.45, 2.75) is 0 Å². The van der Waals surface area contributed by atoms with Crippen molar-refractivity contribution in [3.63, 3.8) is 0 Å². The molecule has 0 unspecified atom stereocenters. The Balaban J connectivity index is 3.22. The summed E-state index contributed by atoms with van der Waals surface area (Å²) in [5.74, 6) is -1.96. The fourth-order valence-corrected chi connectivity index (χ4v) is 1.19. The summed E-state index contributed by atoms with van der Waals surface area (Å²) in [6, 6.07) is 3.67. The number of carbonyl (C=O) groups is 2. The number of halogens is 1. The van der Waals surface area contributed by atoms with Crippen LogP contribution >= 0.6 is 0 Å². The molecule has 5 heteroatoms. The standard InChI is InChI=1S/C11H9FO4/c1-16-10-3-2-7(6-9(10)12)8(4-5-13)11(14)15/h2-6H,1H3,(H,14,15). The van der Waals surface area contributed by atoms with Crippen molar-refractivity contribution in [1.29, 1.82) is 0 Å². The van der Waals surface area contributed by atoms with Crippen LogP contribution in [0.5, 0.6) is 5.75 Å². The van der Waals surface area contributed by atoms with Gasteiger partial charge < -0.3 is 9.84 Å². The summed E-state index contributed by atoms with van der Waals surface area (Å²) >= 11 is 0. The van der Waals surface area contributed by atoms with E-state index < -0.39 is 11.8 Å². The minimum absolute atomic E-state index is 0.0135. The molecular formula is C11H9FO4.